The summed E-state index contributed by atoms with van der Waals surface area (Å²) in [4.78, 5) is 20.9. The highest BCUT2D eigenvalue weighted by Crippen LogP contribution is 2.37. The number of amides is 1. The molecule has 4 rings (SSSR count). The molecule has 2 N–H and O–H groups in total. The molecule has 1 heterocycles. The summed E-state index contributed by atoms with van der Waals surface area (Å²) in [5.41, 5.74) is 2.87. The third kappa shape index (κ3) is 6.23. The van der Waals surface area contributed by atoms with E-state index in [1.54, 1.807) is 11.8 Å². The second kappa shape index (κ2) is 11.6. The third-order valence-corrected chi connectivity index (χ3v) is 7.17. The highest BCUT2D eigenvalue weighted by Gasteiger charge is 2.19. The number of nitrogens with zero attached hydrogens (tertiary/aromatic N) is 1. The van der Waals surface area contributed by atoms with Gasteiger partial charge in [0.1, 0.15) is 5.69 Å². The quantitative estimate of drug-likeness (QED) is 0.235. The molecule has 0 atom stereocenters. The van der Waals surface area contributed by atoms with E-state index in [0.29, 0.717) is 23.3 Å². The zero-order valence-electron chi connectivity index (χ0n) is 19.6. The first-order valence-electron chi connectivity index (χ1n) is 11.6. The molecule has 4 nitrogen and oxygen atoms in total. The summed E-state index contributed by atoms with van der Waals surface area (Å²) in [6.07, 6.45) is 0.886. The molecule has 0 saturated carbocycles. The first-order chi connectivity index (χ1) is 16.5. The Balaban J connectivity index is 1.41. The number of halogens is 1. The highest BCUT2D eigenvalue weighted by molar-refractivity contribution is 7.99. The van der Waals surface area contributed by atoms with Crippen molar-refractivity contribution in [1.82, 2.24) is 15.2 Å². The van der Waals surface area contributed by atoms with Gasteiger partial charge in [-0.15, -0.1) is 0 Å². The molecular weight excluding hydrogens is 462 g/mol. The van der Waals surface area contributed by atoms with Crippen molar-refractivity contribution in [3.05, 3.63) is 95.1 Å². The minimum Gasteiger partial charge on any atom is -0.351 e. The maximum absolute atomic E-state index is 13.2. The van der Waals surface area contributed by atoms with Gasteiger partial charge >= 0.3 is 0 Å². The number of hydrogen-bond acceptors (Lipinski definition) is 3. The number of carbonyl (C=O) groups is 1. The topological polar surface area (TPSA) is 48.1 Å². The predicted molar refractivity (Wildman–Crippen MR) is 143 cm³/mol. The minimum absolute atomic E-state index is 0.0770. The number of aromatic nitrogens is 1. The number of nitrogens with one attached hydrogen (secondary N) is 2. The SMILES string of the molecule is CC(C)N(CCCNC(=O)c1[nH]c2ccccc2c1Sc1ccc(Cl)cc1)Cc1ccccc1. The minimum atomic E-state index is -0.0770. The summed E-state index contributed by atoms with van der Waals surface area (Å²) in [6, 6.07) is 26.7. The van der Waals surface area contributed by atoms with Gasteiger partial charge in [-0.1, -0.05) is 71.9 Å². The zero-order chi connectivity index (χ0) is 23.9. The Morgan fingerprint density at radius 1 is 1.00 bits per heavy atom. The number of rotatable bonds is 10. The summed E-state index contributed by atoms with van der Waals surface area (Å²) < 4.78 is 0. The Morgan fingerprint density at radius 2 is 1.71 bits per heavy atom. The van der Waals surface area contributed by atoms with E-state index in [0.717, 1.165) is 40.2 Å². The molecule has 1 amide bonds. The second-order valence-corrected chi connectivity index (χ2v) is 10.1. The van der Waals surface area contributed by atoms with Crippen LogP contribution in [0.15, 0.2) is 88.7 Å². The van der Waals surface area contributed by atoms with Crippen LogP contribution in [0, 0.1) is 0 Å². The molecule has 0 saturated heterocycles. The van der Waals surface area contributed by atoms with Crippen LogP contribution in [-0.2, 0) is 6.54 Å². The Labute approximate surface area is 210 Å². The van der Waals surface area contributed by atoms with E-state index in [9.17, 15) is 4.79 Å². The van der Waals surface area contributed by atoms with E-state index < -0.39 is 0 Å². The molecule has 176 valence electrons. The normalized spacial score (nSPS) is 11.4. The number of para-hydroxylation sites is 1. The molecule has 0 fully saturated rings. The molecular formula is C28H30ClN3OS. The maximum atomic E-state index is 13.2. The molecule has 0 radical (unpaired) electrons. The van der Waals surface area contributed by atoms with Crippen LogP contribution in [0.2, 0.25) is 5.02 Å². The van der Waals surface area contributed by atoms with Crippen LogP contribution >= 0.6 is 23.4 Å². The van der Waals surface area contributed by atoms with Gasteiger partial charge in [0.15, 0.2) is 0 Å². The monoisotopic (exact) mass is 491 g/mol. The molecule has 0 aliphatic rings. The standard InChI is InChI=1S/C28H30ClN3OS/c1-20(2)32(19-21-9-4-3-5-10-21)18-8-17-30-28(33)26-27(24-11-6-7-12-25(24)31-26)34-23-15-13-22(29)14-16-23/h3-7,9-16,20,31H,8,17-19H2,1-2H3,(H,30,33). The number of benzene rings is 3. The van der Waals surface area contributed by atoms with Gasteiger partial charge in [-0.05, 0) is 56.2 Å². The first kappa shape index (κ1) is 24.4. The number of aromatic amines is 1. The lowest BCUT2D eigenvalue weighted by Crippen LogP contribution is -2.34. The van der Waals surface area contributed by atoms with Gasteiger partial charge in [-0.2, -0.15) is 0 Å². The third-order valence-electron chi connectivity index (χ3n) is 5.79. The fourth-order valence-electron chi connectivity index (χ4n) is 3.91. The smallest absolute Gasteiger partial charge is 0.268 e. The number of carbonyl (C=O) groups excluding carboxylic acids is 1. The van der Waals surface area contributed by atoms with Crippen molar-refractivity contribution in [2.24, 2.45) is 0 Å². The number of H-pyrrole nitrogens is 1. The molecule has 0 aliphatic heterocycles. The van der Waals surface area contributed by atoms with Crippen LogP contribution in [0.5, 0.6) is 0 Å². The molecule has 0 spiro atoms. The van der Waals surface area contributed by atoms with Crippen molar-refractivity contribution in [3.63, 3.8) is 0 Å². The summed E-state index contributed by atoms with van der Waals surface area (Å²) in [7, 11) is 0. The average molecular weight is 492 g/mol. The first-order valence-corrected chi connectivity index (χ1v) is 12.8. The molecule has 1 aromatic heterocycles. The lowest BCUT2D eigenvalue weighted by molar-refractivity contribution is 0.0943. The summed E-state index contributed by atoms with van der Waals surface area (Å²) >= 11 is 7.62. The van der Waals surface area contributed by atoms with E-state index in [1.165, 1.54) is 5.56 Å². The number of hydrogen-bond donors (Lipinski definition) is 2. The molecule has 4 aromatic rings. The van der Waals surface area contributed by atoms with E-state index in [4.69, 9.17) is 11.6 Å². The van der Waals surface area contributed by atoms with Crippen LogP contribution in [-0.4, -0.2) is 34.9 Å². The lowest BCUT2D eigenvalue weighted by atomic mass is 10.2. The van der Waals surface area contributed by atoms with Crippen molar-refractivity contribution in [1.29, 1.82) is 0 Å². The van der Waals surface area contributed by atoms with Crippen LogP contribution in [0.3, 0.4) is 0 Å². The summed E-state index contributed by atoms with van der Waals surface area (Å²) in [5, 5.41) is 4.86. The van der Waals surface area contributed by atoms with Gasteiger partial charge in [0, 0.05) is 46.5 Å². The Morgan fingerprint density at radius 3 is 2.44 bits per heavy atom. The predicted octanol–water partition coefficient (Wildman–Crippen LogP) is 7.00. The van der Waals surface area contributed by atoms with E-state index >= 15 is 0 Å². The summed E-state index contributed by atoms with van der Waals surface area (Å²) in [5.74, 6) is -0.0770. The van der Waals surface area contributed by atoms with Crippen molar-refractivity contribution in [2.75, 3.05) is 13.1 Å². The lowest BCUT2D eigenvalue weighted by Gasteiger charge is -2.26. The number of fused-ring (bicyclic) bond motifs is 1. The van der Waals surface area contributed by atoms with Crippen LogP contribution in [0.4, 0.5) is 0 Å². The van der Waals surface area contributed by atoms with Crippen LogP contribution in [0.25, 0.3) is 10.9 Å². The molecule has 0 aliphatic carbocycles. The maximum Gasteiger partial charge on any atom is 0.268 e. The van der Waals surface area contributed by atoms with Crippen molar-refractivity contribution < 1.29 is 4.79 Å². The Bertz CT molecular complexity index is 1220. The molecule has 34 heavy (non-hydrogen) atoms. The van der Waals surface area contributed by atoms with Gasteiger partial charge in [0.25, 0.3) is 5.91 Å². The van der Waals surface area contributed by atoms with Crippen molar-refractivity contribution >= 4 is 40.2 Å². The second-order valence-electron chi connectivity index (χ2n) is 8.59. The molecule has 6 heteroatoms. The molecule has 0 unspecified atom stereocenters. The van der Waals surface area contributed by atoms with Gasteiger partial charge in [-0.25, -0.2) is 0 Å². The van der Waals surface area contributed by atoms with E-state index in [-0.39, 0.29) is 5.91 Å². The largest absolute Gasteiger partial charge is 0.351 e. The Hall–Kier alpha value is -2.73. The van der Waals surface area contributed by atoms with Crippen molar-refractivity contribution in [2.45, 2.75) is 42.6 Å². The summed E-state index contributed by atoms with van der Waals surface area (Å²) in [6.45, 7) is 6.89. The fraction of sp³-hybridized carbons (Fsp3) is 0.250. The van der Waals surface area contributed by atoms with Crippen LogP contribution < -0.4 is 5.32 Å². The fourth-order valence-corrected chi connectivity index (χ4v) is 5.08. The molecule has 3 aromatic carbocycles. The average Bonchev–Trinajstić information content (AvgIpc) is 3.21. The zero-order valence-corrected chi connectivity index (χ0v) is 21.1. The van der Waals surface area contributed by atoms with Gasteiger partial charge in [-0.3, -0.25) is 9.69 Å². The molecule has 0 bridgehead atoms. The van der Waals surface area contributed by atoms with E-state index in [1.807, 2.05) is 54.6 Å². The van der Waals surface area contributed by atoms with Gasteiger partial charge < -0.3 is 10.3 Å². The highest BCUT2D eigenvalue weighted by atomic mass is 35.5. The van der Waals surface area contributed by atoms with Gasteiger partial charge in [0.05, 0.1) is 4.90 Å². The van der Waals surface area contributed by atoms with Gasteiger partial charge in [0.2, 0.25) is 0 Å². The van der Waals surface area contributed by atoms with Crippen LogP contribution in [0.1, 0.15) is 36.3 Å². The van der Waals surface area contributed by atoms with E-state index in [2.05, 4.69) is 53.3 Å². The van der Waals surface area contributed by atoms with Crippen molar-refractivity contribution in [3.8, 4) is 0 Å². The Kier molecular flexibility index (Phi) is 8.33.